The third-order valence-electron chi connectivity index (χ3n) is 6.56. The van der Waals surface area contributed by atoms with Crippen LogP contribution in [0.25, 0.3) is 11.0 Å². The monoisotopic (exact) mass is 473 g/mol. The maximum Gasteiger partial charge on any atom is 0.309 e. The van der Waals surface area contributed by atoms with Crippen LogP contribution in [0.2, 0.25) is 0 Å². The number of carbonyl (C=O) groups excluding carboxylic acids is 1. The highest BCUT2D eigenvalue weighted by Gasteiger charge is 2.30. The quantitative estimate of drug-likeness (QED) is 0.541. The predicted molar refractivity (Wildman–Crippen MR) is 120 cm³/mol. The van der Waals surface area contributed by atoms with Crippen molar-refractivity contribution >= 4 is 22.9 Å². The van der Waals surface area contributed by atoms with Crippen molar-refractivity contribution in [3.05, 3.63) is 64.7 Å². The summed E-state index contributed by atoms with van der Waals surface area (Å²) in [7, 11) is 0. The molecule has 1 aliphatic rings. The molecule has 0 bridgehead atoms. The highest BCUT2D eigenvalue weighted by molar-refractivity contribution is 5.84. The van der Waals surface area contributed by atoms with Gasteiger partial charge in [-0.05, 0) is 50.8 Å². The lowest BCUT2D eigenvalue weighted by Crippen LogP contribution is -2.37. The van der Waals surface area contributed by atoms with E-state index >= 15 is 0 Å². The molecule has 180 valence electrons. The molecular weight excluding hydrogens is 447 g/mol. The van der Waals surface area contributed by atoms with Gasteiger partial charge in [-0.25, -0.2) is 18.2 Å². The molecule has 6 nitrogen and oxygen atoms in total. The molecule has 1 amide bonds. The number of carboxylic acids is 1. The number of halogens is 3. The van der Waals surface area contributed by atoms with E-state index in [-0.39, 0.29) is 31.0 Å². The molecule has 1 aliphatic heterocycles. The summed E-state index contributed by atoms with van der Waals surface area (Å²) >= 11 is 0. The van der Waals surface area contributed by atoms with E-state index in [2.05, 4.69) is 4.98 Å². The second kappa shape index (κ2) is 9.12. The fourth-order valence-corrected chi connectivity index (χ4v) is 4.47. The van der Waals surface area contributed by atoms with Crippen molar-refractivity contribution in [2.75, 3.05) is 6.54 Å². The van der Waals surface area contributed by atoms with Gasteiger partial charge >= 0.3 is 5.97 Å². The van der Waals surface area contributed by atoms with Crippen molar-refractivity contribution in [1.29, 1.82) is 0 Å². The Balaban J connectivity index is 1.60. The molecule has 0 unspecified atom stereocenters. The van der Waals surface area contributed by atoms with Crippen LogP contribution < -0.4 is 0 Å². The smallest absolute Gasteiger partial charge is 0.309 e. The topological polar surface area (TPSA) is 75.4 Å². The van der Waals surface area contributed by atoms with E-state index in [0.29, 0.717) is 43.6 Å². The van der Waals surface area contributed by atoms with E-state index in [1.807, 2.05) is 6.07 Å². The van der Waals surface area contributed by atoms with Crippen molar-refractivity contribution < 1.29 is 27.9 Å². The average molecular weight is 473 g/mol. The lowest BCUT2D eigenvalue weighted by Gasteiger charge is -2.29. The molecule has 34 heavy (non-hydrogen) atoms. The fraction of sp³-hybridized carbons (Fsp3) is 0.400. The Labute approximate surface area is 195 Å². The molecule has 3 heterocycles. The Morgan fingerprint density at radius 1 is 1.18 bits per heavy atom. The van der Waals surface area contributed by atoms with Gasteiger partial charge in [0.15, 0.2) is 0 Å². The third-order valence-corrected chi connectivity index (χ3v) is 6.56. The zero-order chi connectivity index (χ0) is 24.6. The van der Waals surface area contributed by atoms with Gasteiger partial charge in [-0.2, -0.15) is 0 Å². The summed E-state index contributed by atoms with van der Waals surface area (Å²) in [5.41, 5.74) is 1.08. The molecule has 0 saturated heterocycles. The van der Waals surface area contributed by atoms with Gasteiger partial charge in [0.25, 0.3) is 0 Å². The molecule has 2 aromatic heterocycles. The Bertz CT molecular complexity index is 1250. The molecule has 0 atom stereocenters. The normalized spacial score (nSPS) is 13.9. The highest BCUT2D eigenvalue weighted by atomic mass is 19.1. The van der Waals surface area contributed by atoms with Crippen molar-refractivity contribution in [1.82, 2.24) is 14.5 Å². The third kappa shape index (κ3) is 4.51. The van der Waals surface area contributed by atoms with Crippen LogP contribution >= 0.6 is 0 Å². The first-order valence-corrected chi connectivity index (χ1v) is 11.2. The van der Waals surface area contributed by atoms with Crippen LogP contribution in [-0.4, -0.2) is 38.0 Å². The molecule has 0 saturated carbocycles. The summed E-state index contributed by atoms with van der Waals surface area (Å²) in [6.45, 7) is 3.81. The Morgan fingerprint density at radius 3 is 2.56 bits per heavy atom. The van der Waals surface area contributed by atoms with E-state index in [9.17, 15) is 27.9 Å². The molecule has 0 fully saturated rings. The molecule has 9 heteroatoms. The maximum absolute atomic E-state index is 14.4. The highest BCUT2D eigenvalue weighted by Crippen LogP contribution is 2.32. The molecule has 1 aromatic carbocycles. The van der Waals surface area contributed by atoms with Gasteiger partial charge < -0.3 is 14.6 Å². The minimum absolute atomic E-state index is 0.101. The van der Waals surface area contributed by atoms with E-state index in [4.69, 9.17) is 0 Å². The molecule has 3 aromatic rings. The number of fused-ring (bicyclic) bond motifs is 3. The van der Waals surface area contributed by atoms with Gasteiger partial charge in [0.1, 0.15) is 23.1 Å². The van der Waals surface area contributed by atoms with Crippen LogP contribution in [0, 0.1) is 22.9 Å². The predicted octanol–water partition coefficient (Wildman–Crippen LogP) is 4.67. The first kappa shape index (κ1) is 23.8. The van der Waals surface area contributed by atoms with E-state index in [1.165, 1.54) is 0 Å². The number of rotatable bonds is 7. The largest absolute Gasteiger partial charge is 0.481 e. The van der Waals surface area contributed by atoms with E-state index < -0.39 is 28.8 Å². The lowest BCUT2D eigenvalue weighted by atomic mass is 9.87. The number of carbonyl (C=O) groups is 2. The van der Waals surface area contributed by atoms with Gasteiger partial charge in [0, 0.05) is 47.9 Å². The number of hydrogen-bond acceptors (Lipinski definition) is 3. The molecule has 0 aliphatic carbocycles. The number of nitrogens with zero attached hydrogens (tertiary/aromatic N) is 3. The van der Waals surface area contributed by atoms with Crippen molar-refractivity contribution in [2.24, 2.45) is 5.41 Å². The van der Waals surface area contributed by atoms with Gasteiger partial charge in [-0.1, -0.05) is 0 Å². The van der Waals surface area contributed by atoms with Gasteiger partial charge in [-0.15, -0.1) is 0 Å². The number of pyridine rings is 1. The van der Waals surface area contributed by atoms with Crippen molar-refractivity contribution in [2.45, 2.75) is 52.6 Å². The molecule has 4 rings (SSSR count). The summed E-state index contributed by atoms with van der Waals surface area (Å²) in [5, 5.41) is 10.1. The Kier molecular flexibility index (Phi) is 6.38. The molecule has 0 spiro atoms. The second-order valence-electron chi connectivity index (χ2n) is 9.34. The van der Waals surface area contributed by atoms with Crippen LogP contribution in [0.4, 0.5) is 13.2 Å². The zero-order valence-electron chi connectivity index (χ0n) is 19.1. The number of amides is 1. The lowest BCUT2D eigenvalue weighted by molar-refractivity contribution is -0.147. The Hall–Kier alpha value is -3.36. The van der Waals surface area contributed by atoms with E-state index in [1.54, 1.807) is 35.6 Å². The fourth-order valence-electron chi connectivity index (χ4n) is 4.47. The van der Waals surface area contributed by atoms with Crippen molar-refractivity contribution in [3.8, 4) is 0 Å². The number of hydrogen-bond donors (Lipinski definition) is 1. The van der Waals surface area contributed by atoms with Crippen LogP contribution in [0.15, 0.2) is 30.5 Å². The number of aromatic nitrogens is 2. The van der Waals surface area contributed by atoms with Crippen LogP contribution in [0.3, 0.4) is 0 Å². The molecule has 0 radical (unpaired) electrons. The zero-order valence-corrected chi connectivity index (χ0v) is 19.1. The van der Waals surface area contributed by atoms with Gasteiger partial charge in [0.05, 0.1) is 18.5 Å². The summed E-state index contributed by atoms with van der Waals surface area (Å²) in [5.74, 6) is -3.95. The van der Waals surface area contributed by atoms with Crippen LogP contribution in [0.5, 0.6) is 0 Å². The summed E-state index contributed by atoms with van der Waals surface area (Å²) in [6.07, 6.45) is 3.18. The minimum Gasteiger partial charge on any atom is -0.481 e. The first-order chi connectivity index (χ1) is 16.1. The molecular formula is C25H26F3N3O3. The van der Waals surface area contributed by atoms with Gasteiger partial charge in [0.2, 0.25) is 5.91 Å². The number of carboxylic acid groups (broad SMARTS) is 1. The second-order valence-corrected chi connectivity index (χ2v) is 9.34. The maximum atomic E-state index is 14.4. The number of benzene rings is 1. The SMILES string of the molecule is CC(C)(CCCC(=O)N1CCc2c(n(Cc3c(F)cc(F)cc3F)c3ncccc23)C1)C(=O)O. The van der Waals surface area contributed by atoms with Crippen LogP contribution in [-0.2, 0) is 29.1 Å². The first-order valence-electron chi connectivity index (χ1n) is 11.2. The Morgan fingerprint density at radius 2 is 1.88 bits per heavy atom. The van der Waals surface area contributed by atoms with Crippen LogP contribution in [0.1, 0.15) is 49.9 Å². The van der Waals surface area contributed by atoms with E-state index in [0.717, 1.165) is 16.6 Å². The van der Waals surface area contributed by atoms with Gasteiger partial charge in [-0.3, -0.25) is 9.59 Å². The summed E-state index contributed by atoms with van der Waals surface area (Å²) in [4.78, 5) is 30.3. The number of aliphatic carboxylic acids is 1. The van der Waals surface area contributed by atoms with Crippen molar-refractivity contribution in [3.63, 3.8) is 0 Å². The average Bonchev–Trinajstić information content (AvgIpc) is 3.08. The summed E-state index contributed by atoms with van der Waals surface area (Å²) < 4.78 is 43.9. The summed E-state index contributed by atoms with van der Waals surface area (Å²) in [6, 6.07) is 4.98. The standard InChI is InChI=1S/C25H26F3N3O3/c1-25(2,24(33)34)8-3-6-22(32)30-10-7-16-17-5-4-9-29-23(17)31(21(16)14-30)13-18-19(27)11-15(26)12-20(18)28/h4-5,9,11-12H,3,6-8,10,13-14H2,1-2H3,(H,33,34). The minimum atomic E-state index is -0.987. The molecule has 1 N–H and O–H groups in total.